The molecule has 0 saturated heterocycles. The van der Waals surface area contributed by atoms with Crippen LogP contribution >= 0.6 is 15.9 Å². The highest BCUT2D eigenvalue weighted by molar-refractivity contribution is 9.10. The lowest BCUT2D eigenvalue weighted by Crippen LogP contribution is -2.21. The number of hydrogen-bond donors (Lipinski definition) is 0. The molecule has 9 nitrogen and oxygen atoms in total. The van der Waals surface area contributed by atoms with E-state index >= 15 is 0 Å². The van der Waals surface area contributed by atoms with E-state index in [4.69, 9.17) is 14.5 Å². The van der Waals surface area contributed by atoms with Crippen molar-refractivity contribution in [3.63, 3.8) is 0 Å². The van der Waals surface area contributed by atoms with Crippen LogP contribution in [0.4, 0.5) is 5.69 Å². The first-order chi connectivity index (χ1) is 19.8. The summed E-state index contributed by atoms with van der Waals surface area (Å²) in [5, 5.41) is 16.9. The van der Waals surface area contributed by atoms with Crippen molar-refractivity contribution in [1.29, 1.82) is 0 Å². The molecular formula is C32H35BrN4O5. The minimum Gasteiger partial charge on any atom is -0.494 e. The van der Waals surface area contributed by atoms with E-state index in [1.54, 1.807) is 24.3 Å². The number of nitro benzene ring substituents is 1. The molecule has 10 heteroatoms. The zero-order chi connectivity index (χ0) is 30.8. The molecule has 4 rings (SSSR count). The molecule has 0 amide bonds. The maximum absolute atomic E-state index is 13.9. The van der Waals surface area contributed by atoms with Crippen molar-refractivity contribution in [2.45, 2.75) is 54.4 Å². The lowest BCUT2D eigenvalue weighted by molar-refractivity contribution is -0.386. The molecule has 0 radical (unpaired) electrons. The third-order valence-electron chi connectivity index (χ3n) is 6.49. The van der Waals surface area contributed by atoms with E-state index in [9.17, 15) is 14.9 Å². The van der Waals surface area contributed by atoms with Crippen LogP contribution in [0.2, 0.25) is 0 Å². The molecule has 0 unspecified atom stereocenters. The Morgan fingerprint density at radius 3 is 2.50 bits per heavy atom. The zero-order valence-corrected chi connectivity index (χ0v) is 26.5. The van der Waals surface area contributed by atoms with E-state index in [0.29, 0.717) is 33.4 Å². The smallest absolute Gasteiger partial charge is 0.312 e. The van der Waals surface area contributed by atoms with Crippen LogP contribution in [0.15, 0.2) is 62.9 Å². The fourth-order valence-corrected chi connectivity index (χ4v) is 4.94. The van der Waals surface area contributed by atoms with Gasteiger partial charge < -0.3 is 9.47 Å². The van der Waals surface area contributed by atoms with Crippen LogP contribution in [0.3, 0.4) is 0 Å². The van der Waals surface area contributed by atoms with Gasteiger partial charge in [0.25, 0.3) is 5.56 Å². The Morgan fingerprint density at radius 1 is 1.14 bits per heavy atom. The highest BCUT2D eigenvalue weighted by Crippen LogP contribution is 2.36. The summed E-state index contributed by atoms with van der Waals surface area (Å²) in [6.07, 6.45) is 1.41. The number of rotatable bonds is 9. The van der Waals surface area contributed by atoms with Gasteiger partial charge in [-0.1, -0.05) is 62.7 Å². The van der Waals surface area contributed by atoms with Crippen molar-refractivity contribution in [2.75, 3.05) is 13.2 Å². The second-order valence-corrected chi connectivity index (χ2v) is 12.5. The van der Waals surface area contributed by atoms with Crippen molar-refractivity contribution in [3.05, 3.63) is 90.2 Å². The average molecular weight is 636 g/mol. The molecule has 0 N–H and O–H groups in total. The van der Waals surface area contributed by atoms with Gasteiger partial charge in [-0.05, 0) is 66.6 Å². The van der Waals surface area contributed by atoms with Crippen LogP contribution < -0.4 is 15.0 Å². The summed E-state index contributed by atoms with van der Waals surface area (Å²) in [5.41, 5.74) is 2.63. The first-order valence-corrected chi connectivity index (χ1v) is 14.5. The van der Waals surface area contributed by atoms with Gasteiger partial charge in [-0.3, -0.25) is 14.9 Å². The van der Waals surface area contributed by atoms with Gasteiger partial charge in [0.1, 0.15) is 5.75 Å². The number of nitro groups is 1. The Kier molecular flexibility index (Phi) is 9.15. The molecular weight excluding hydrogens is 600 g/mol. The number of fused-ring (bicyclic) bond motifs is 1. The number of aryl methyl sites for hydroxylation is 1. The van der Waals surface area contributed by atoms with Gasteiger partial charge >= 0.3 is 5.69 Å². The molecule has 42 heavy (non-hydrogen) atoms. The molecule has 1 aromatic heterocycles. The molecule has 3 aromatic carbocycles. The van der Waals surface area contributed by atoms with Crippen molar-refractivity contribution < 1.29 is 14.4 Å². The van der Waals surface area contributed by atoms with Gasteiger partial charge in [-0.2, -0.15) is 9.78 Å². The third-order valence-corrected chi connectivity index (χ3v) is 6.95. The Hall–Kier alpha value is -4.05. The van der Waals surface area contributed by atoms with Crippen LogP contribution in [0, 0.1) is 22.5 Å². The first kappa shape index (κ1) is 30.9. The summed E-state index contributed by atoms with van der Waals surface area (Å²) in [4.78, 5) is 30.2. The Bertz CT molecular complexity index is 1740. The highest BCUT2D eigenvalue weighted by Gasteiger charge is 2.24. The molecule has 0 aliphatic heterocycles. The fourth-order valence-electron chi connectivity index (χ4n) is 4.47. The Balaban J connectivity index is 1.98. The largest absolute Gasteiger partial charge is 0.494 e. The molecule has 0 bridgehead atoms. The SMILES string of the molecule is CCOc1cc(C)c(-c2nc3ccccc3c(=O)n2N=Cc2cc(Br)cc([N+](=O)[O-])c2OCC(C)(C)C)cc1C(C)C. The fraction of sp³-hybridized carbons (Fsp3) is 0.344. The second-order valence-electron chi connectivity index (χ2n) is 11.6. The summed E-state index contributed by atoms with van der Waals surface area (Å²) in [6.45, 7) is 14.7. The number of ether oxygens (including phenoxy) is 2. The molecule has 0 atom stereocenters. The van der Waals surface area contributed by atoms with E-state index < -0.39 is 4.92 Å². The zero-order valence-electron chi connectivity index (χ0n) is 24.9. The summed E-state index contributed by atoms with van der Waals surface area (Å²) in [6, 6.07) is 14.1. The van der Waals surface area contributed by atoms with Crippen molar-refractivity contribution >= 4 is 38.7 Å². The molecule has 0 spiro atoms. The summed E-state index contributed by atoms with van der Waals surface area (Å²) in [5.74, 6) is 1.36. The van der Waals surface area contributed by atoms with Gasteiger partial charge in [0.05, 0.1) is 35.3 Å². The number of hydrogen-bond acceptors (Lipinski definition) is 7. The predicted molar refractivity (Wildman–Crippen MR) is 170 cm³/mol. The number of aromatic nitrogens is 2. The van der Waals surface area contributed by atoms with Crippen molar-refractivity contribution in [3.8, 4) is 22.9 Å². The number of benzene rings is 3. The quantitative estimate of drug-likeness (QED) is 0.105. The lowest BCUT2D eigenvalue weighted by Gasteiger charge is -2.20. The Labute approximate surface area is 253 Å². The van der Waals surface area contributed by atoms with E-state index in [2.05, 4.69) is 34.9 Å². The van der Waals surface area contributed by atoms with Crippen LogP contribution in [-0.4, -0.2) is 34.0 Å². The van der Waals surface area contributed by atoms with Gasteiger partial charge in [0.15, 0.2) is 5.82 Å². The van der Waals surface area contributed by atoms with Crippen LogP contribution in [0.1, 0.15) is 64.2 Å². The second kappa shape index (κ2) is 12.4. The maximum atomic E-state index is 13.9. The summed E-state index contributed by atoms with van der Waals surface area (Å²) >= 11 is 3.37. The highest BCUT2D eigenvalue weighted by atomic mass is 79.9. The van der Waals surface area contributed by atoms with Crippen LogP contribution in [-0.2, 0) is 0 Å². The molecule has 220 valence electrons. The number of halogens is 1. The summed E-state index contributed by atoms with van der Waals surface area (Å²) in [7, 11) is 0. The lowest BCUT2D eigenvalue weighted by atomic mass is 9.96. The van der Waals surface area contributed by atoms with E-state index in [1.165, 1.54) is 17.0 Å². The predicted octanol–water partition coefficient (Wildman–Crippen LogP) is 7.87. The monoisotopic (exact) mass is 634 g/mol. The normalized spacial score (nSPS) is 11.9. The van der Waals surface area contributed by atoms with Gasteiger partial charge in [-0.25, -0.2) is 4.98 Å². The molecule has 0 aliphatic rings. The van der Waals surface area contributed by atoms with Crippen LogP contribution in [0.25, 0.3) is 22.3 Å². The summed E-state index contributed by atoms with van der Waals surface area (Å²) < 4.78 is 13.6. The minimum absolute atomic E-state index is 0.0737. The van der Waals surface area contributed by atoms with Gasteiger partial charge in [0, 0.05) is 21.7 Å². The maximum Gasteiger partial charge on any atom is 0.312 e. The molecule has 0 aliphatic carbocycles. The Morgan fingerprint density at radius 2 is 1.86 bits per heavy atom. The molecule has 1 heterocycles. The van der Waals surface area contributed by atoms with Crippen molar-refractivity contribution in [2.24, 2.45) is 10.5 Å². The number of para-hydroxylation sites is 1. The minimum atomic E-state index is -0.494. The first-order valence-electron chi connectivity index (χ1n) is 13.7. The van der Waals surface area contributed by atoms with Crippen molar-refractivity contribution in [1.82, 2.24) is 9.66 Å². The van der Waals surface area contributed by atoms with E-state index in [0.717, 1.165) is 22.4 Å². The van der Waals surface area contributed by atoms with Gasteiger partial charge in [-0.15, -0.1) is 0 Å². The molecule has 0 saturated carbocycles. The third kappa shape index (κ3) is 6.70. The number of nitrogens with zero attached hydrogens (tertiary/aromatic N) is 4. The standard InChI is InChI=1S/C32H35BrN4O5/c1-8-41-28-13-20(4)25(16-24(28)19(2)3)30-35-26-12-10-9-11-23(26)31(38)36(30)34-17-21-14-22(33)15-27(37(39)40)29(21)42-18-32(5,6)7/h9-17,19H,8,18H2,1-7H3. The van der Waals surface area contributed by atoms with E-state index in [-0.39, 0.29) is 34.9 Å². The average Bonchev–Trinajstić information content (AvgIpc) is 2.91. The van der Waals surface area contributed by atoms with Crippen LogP contribution in [0.5, 0.6) is 11.5 Å². The van der Waals surface area contributed by atoms with Gasteiger partial charge in [0.2, 0.25) is 5.75 Å². The molecule has 4 aromatic rings. The van der Waals surface area contributed by atoms with E-state index in [1.807, 2.05) is 52.8 Å². The topological polar surface area (TPSA) is 109 Å². The molecule has 0 fully saturated rings.